The molecule has 0 atom stereocenters. The van der Waals surface area contributed by atoms with Crippen LogP contribution in [0.4, 0.5) is 11.4 Å². The number of hydrogen-bond donors (Lipinski definition) is 0. The number of anilines is 2. The molecular formula is C28H30N3OS+. The Bertz CT molecular complexity index is 1340. The molecule has 5 heteroatoms. The lowest BCUT2D eigenvalue weighted by Crippen LogP contribution is -2.17. The van der Waals surface area contributed by atoms with E-state index in [-0.39, 0.29) is 5.54 Å². The van der Waals surface area contributed by atoms with Crippen LogP contribution < -0.4 is 9.80 Å². The third kappa shape index (κ3) is 3.91. The molecule has 0 saturated carbocycles. The minimum absolute atomic E-state index is 0.202. The third-order valence-electron chi connectivity index (χ3n) is 6.11. The summed E-state index contributed by atoms with van der Waals surface area (Å²) in [4.78, 5) is 9.21. The van der Waals surface area contributed by atoms with Crippen molar-refractivity contribution in [3.63, 3.8) is 0 Å². The zero-order valence-corrected chi connectivity index (χ0v) is 21.0. The van der Waals surface area contributed by atoms with Gasteiger partial charge < -0.3 is 14.5 Å². The van der Waals surface area contributed by atoms with Gasteiger partial charge in [-0.25, -0.2) is 4.99 Å². The molecule has 4 aromatic rings. The van der Waals surface area contributed by atoms with E-state index in [0.717, 1.165) is 17.0 Å². The van der Waals surface area contributed by atoms with Gasteiger partial charge in [-0.2, -0.15) is 0 Å². The zero-order chi connectivity index (χ0) is 23.3. The molecule has 4 nitrogen and oxygen atoms in total. The predicted molar refractivity (Wildman–Crippen MR) is 144 cm³/mol. The molecule has 168 valence electrons. The second-order valence-corrected chi connectivity index (χ2v) is 10.8. The highest BCUT2D eigenvalue weighted by Crippen LogP contribution is 2.43. The van der Waals surface area contributed by atoms with E-state index in [1.165, 1.54) is 37.1 Å². The Kier molecular flexibility index (Phi) is 5.25. The summed E-state index contributed by atoms with van der Waals surface area (Å²) < 4.78 is 8.62. The Hall–Kier alpha value is -3.18. The lowest BCUT2D eigenvalue weighted by atomic mass is 9.94. The summed E-state index contributed by atoms with van der Waals surface area (Å²) in [5.41, 5.74) is 5.65. The van der Waals surface area contributed by atoms with Crippen LogP contribution >= 0.6 is 11.3 Å². The van der Waals surface area contributed by atoms with Crippen molar-refractivity contribution >= 4 is 48.8 Å². The van der Waals surface area contributed by atoms with Gasteiger partial charge in [0.15, 0.2) is 0 Å². The van der Waals surface area contributed by atoms with E-state index in [0.29, 0.717) is 6.61 Å². The van der Waals surface area contributed by atoms with Crippen LogP contribution in [0.15, 0.2) is 65.7 Å². The van der Waals surface area contributed by atoms with Crippen molar-refractivity contribution in [1.82, 2.24) is 0 Å². The van der Waals surface area contributed by atoms with Gasteiger partial charge in [-0.1, -0.05) is 18.2 Å². The van der Waals surface area contributed by atoms with Crippen LogP contribution in [0.3, 0.4) is 0 Å². The normalized spacial score (nSPS) is 14.9. The summed E-state index contributed by atoms with van der Waals surface area (Å²) >= 11 is 1.85. The molecule has 0 radical (unpaired) electrons. The van der Waals surface area contributed by atoms with E-state index in [2.05, 4.69) is 113 Å². The smallest absolute Gasteiger partial charge is 0.241 e. The summed E-state index contributed by atoms with van der Waals surface area (Å²) in [5, 5.41) is 2.50. The Morgan fingerprint density at radius 1 is 0.788 bits per heavy atom. The quantitative estimate of drug-likeness (QED) is 0.253. The summed E-state index contributed by atoms with van der Waals surface area (Å²) in [7, 11) is 8.35. The molecule has 0 spiro atoms. The molecule has 2 heterocycles. The summed E-state index contributed by atoms with van der Waals surface area (Å²) in [6, 6.07) is 22.0. The van der Waals surface area contributed by atoms with Gasteiger partial charge in [0, 0.05) is 73.6 Å². The van der Waals surface area contributed by atoms with E-state index in [1.807, 2.05) is 11.3 Å². The topological polar surface area (TPSA) is 28.1 Å². The number of rotatable bonds is 4. The van der Waals surface area contributed by atoms with Crippen molar-refractivity contribution in [2.45, 2.75) is 19.4 Å². The second-order valence-electron chi connectivity index (χ2n) is 9.69. The van der Waals surface area contributed by atoms with Gasteiger partial charge >= 0.3 is 0 Å². The molecule has 0 saturated heterocycles. The molecule has 0 bridgehead atoms. The van der Waals surface area contributed by atoms with Crippen LogP contribution in [0.5, 0.6) is 0 Å². The Morgan fingerprint density at radius 3 is 1.82 bits per heavy atom. The van der Waals surface area contributed by atoms with Gasteiger partial charge in [0.25, 0.3) is 0 Å². The fourth-order valence-corrected chi connectivity index (χ4v) is 5.48. The van der Waals surface area contributed by atoms with Crippen LogP contribution in [0.2, 0.25) is 0 Å². The van der Waals surface area contributed by atoms with E-state index in [1.54, 1.807) is 0 Å². The van der Waals surface area contributed by atoms with E-state index >= 15 is 0 Å². The molecular weight excluding hydrogens is 426 g/mol. The largest absolute Gasteiger partial charge is 0.475 e. The Balaban J connectivity index is 1.86. The van der Waals surface area contributed by atoms with Crippen LogP contribution in [0.25, 0.3) is 31.3 Å². The SMILES string of the molecule is CN(C)c1ccc2c(-c3ccccc3C3=NC(C)(C)CO3)c3ccc(N(C)C)cc3[s+]c2c1. The minimum Gasteiger partial charge on any atom is -0.475 e. The molecule has 0 fully saturated rings. The molecule has 0 N–H and O–H groups in total. The first-order valence-electron chi connectivity index (χ1n) is 11.2. The predicted octanol–water partition coefficient (Wildman–Crippen LogP) is 6.69. The number of fused-ring (bicyclic) bond motifs is 2. The fraction of sp³-hybridized carbons (Fsp3) is 0.286. The van der Waals surface area contributed by atoms with Gasteiger partial charge in [-0.05, 0) is 49.7 Å². The van der Waals surface area contributed by atoms with Gasteiger partial charge in [0.2, 0.25) is 26.6 Å². The number of benzene rings is 3. The second kappa shape index (κ2) is 7.99. The minimum atomic E-state index is -0.202. The average Bonchev–Trinajstić information content (AvgIpc) is 3.16. The molecule has 5 rings (SSSR count). The van der Waals surface area contributed by atoms with Crippen LogP contribution in [0, 0.1) is 0 Å². The zero-order valence-electron chi connectivity index (χ0n) is 20.1. The number of ether oxygens (including phenoxy) is 1. The Labute approximate surface area is 199 Å². The third-order valence-corrected chi connectivity index (χ3v) is 7.23. The lowest BCUT2D eigenvalue weighted by molar-refractivity contribution is 0.279. The molecule has 3 aromatic carbocycles. The van der Waals surface area contributed by atoms with Crippen molar-refractivity contribution in [1.29, 1.82) is 0 Å². The van der Waals surface area contributed by atoms with Gasteiger partial charge in [0.1, 0.15) is 6.61 Å². The van der Waals surface area contributed by atoms with Crippen molar-refractivity contribution < 1.29 is 4.74 Å². The standard InChI is InChI=1S/C28H30N3OS/c1-28(2)17-32-27(29-28)21-10-8-7-9-20(21)26-22-13-11-18(30(3)4)15-24(22)33-25-16-19(31(5)6)12-14-23(25)26/h7-16H,17H2,1-6H3/q+1. The summed E-state index contributed by atoms with van der Waals surface area (Å²) in [6.07, 6.45) is 0. The average molecular weight is 457 g/mol. The maximum absolute atomic E-state index is 6.08. The number of hydrogen-bond acceptors (Lipinski definition) is 4. The molecule has 1 aromatic heterocycles. The molecule has 0 aliphatic carbocycles. The monoisotopic (exact) mass is 456 g/mol. The molecule has 33 heavy (non-hydrogen) atoms. The van der Waals surface area contributed by atoms with Crippen molar-refractivity contribution in [2.75, 3.05) is 44.6 Å². The van der Waals surface area contributed by atoms with E-state index < -0.39 is 0 Å². The highest BCUT2D eigenvalue weighted by molar-refractivity contribution is 7.24. The van der Waals surface area contributed by atoms with Gasteiger partial charge in [-0.3, -0.25) is 0 Å². The Morgan fingerprint density at radius 2 is 1.33 bits per heavy atom. The number of nitrogens with zero attached hydrogens (tertiary/aromatic N) is 3. The highest BCUT2D eigenvalue weighted by atomic mass is 32.1. The van der Waals surface area contributed by atoms with Crippen LogP contribution in [-0.2, 0) is 4.74 Å². The maximum atomic E-state index is 6.08. The first-order valence-corrected chi connectivity index (χ1v) is 12.1. The number of aliphatic imine (C=N–C) groups is 1. The first kappa shape index (κ1) is 21.7. The van der Waals surface area contributed by atoms with Crippen molar-refractivity contribution in [2.24, 2.45) is 4.99 Å². The fourth-order valence-electron chi connectivity index (χ4n) is 4.32. The van der Waals surface area contributed by atoms with E-state index in [9.17, 15) is 0 Å². The molecule has 1 aliphatic heterocycles. The van der Waals surface area contributed by atoms with Crippen molar-refractivity contribution in [3.8, 4) is 11.1 Å². The summed E-state index contributed by atoms with van der Waals surface area (Å²) in [6.45, 7) is 4.83. The summed E-state index contributed by atoms with van der Waals surface area (Å²) in [5.74, 6) is 0.735. The molecule has 1 aliphatic rings. The maximum Gasteiger partial charge on any atom is 0.241 e. The molecule has 0 amide bonds. The van der Waals surface area contributed by atoms with Gasteiger partial charge in [-0.15, -0.1) is 0 Å². The lowest BCUT2D eigenvalue weighted by Gasteiger charge is -2.16. The van der Waals surface area contributed by atoms with E-state index in [4.69, 9.17) is 9.73 Å². The van der Waals surface area contributed by atoms with Crippen LogP contribution in [-0.4, -0.2) is 46.2 Å². The first-order chi connectivity index (χ1) is 15.7. The van der Waals surface area contributed by atoms with Gasteiger partial charge in [0.05, 0.1) is 5.54 Å². The van der Waals surface area contributed by atoms with Crippen molar-refractivity contribution in [3.05, 3.63) is 66.2 Å². The highest BCUT2D eigenvalue weighted by Gasteiger charge is 2.30. The van der Waals surface area contributed by atoms with Crippen LogP contribution in [0.1, 0.15) is 19.4 Å². The molecule has 0 unspecified atom stereocenters.